The first-order chi connectivity index (χ1) is 13.6. The van der Waals surface area contributed by atoms with Crippen LogP contribution in [0.1, 0.15) is 11.1 Å². The molecule has 10 heteroatoms. The number of nitrogens with two attached hydrogens (primary N) is 2. The summed E-state index contributed by atoms with van der Waals surface area (Å²) in [6, 6.07) is 14.3. The van der Waals surface area contributed by atoms with Crippen LogP contribution in [-0.4, -0.2) is 31.5 Å². The molecule has 148 valence electrons. The smallest absolute Gasteiger partial charge is 0.171 e. The Morgan fingerprint density at radius 3 is 2.14 bits per heavy atom. The van der Waals surface area contributed by atoms with Crippen LogP contribution in [0, 0.1) is 0 Å². The summed E-state index contributed by atoms with van der Waals surface area (Å²) in [6.45, 7) is 0. The molecule has 29 heavy (non-hydrogen) atoms. The lowest BCUT2D eigenvalue weighted by Gasteiger charge is -2.00. The molecule has 0 aliphatic carbocycles. The van der Waals surface area contributed by atoms with Gasteiger partial charge in [-0.05, 0) is 24.3 Å². The highest BCUT2D eigenvalue weighted by molar-refractivity contribution is 5.97. The number of aromatic nitrogens is 2. The number of imidazole rings is 1. The van der Waals surface area contributed by atoms with Gasteiger partial charge in [0, 0.05) is 29.1 Å². The number of furan rings is 1. The van der Waals surface area contributed by atoms with Gasteiger partial charge in [0.05, 0.1) is 0 Å². The van der Waals surface area contributed by atoms with E-state index in [0.29, 0.717) is 34.0 Å². The normalized spacial score (nSPS) is 12.1. The Morgan fingerprint density at radius 1 is 0.828 bits per heavy atom. The van der Waals surface area contributed by atoms with E-state index in [9.17, 15) is 0 Å². The van der Waals surface area contributed by atoms with E-state index in [4.69, 9.17) is 26.3 Å². The Bertz CT molecular complexity index is 1210. The zero-order valence-corrected chi connectivity index (χ0v) is 15.7. The van der Waals surface area contributed by atoms with E-state index >= 15 is 0 Å². The van der Waals surface area contributed by atoms with Crippen molar-refractivity contribution in [1.29, 1.82) is 0 Å². The van der Waals surface area contributed by atoms with E-state index in [2.05, 4.69) is 15.3 Å². The molecule has 0 spiro atoms. The van der Waals surface area contributed by atoms with Crippen LogP contribution < -0.4 is 11.5 Å². The van der Waals surface area contributed by atoms with Gasteiger partial charge in [-0.15, -0.1) is 12.4 Å². The molecule has 0 fully saturated rings. The Morgan fingerprint density at radius 2 is 1.45 bits per heavy atom. The van der Waals surface area contributed by atoms with Crippen LogP contribution in [0.25, 0.3) is 28.4 Å². The molecule has 0 aliphatic rings. The summed E-state index contributed by atoms with van der Waals surface area (Å²) in [4.78, 5) is 4.53. The number of amidine groups is 2. The zero-order chi connectivity index (χ0) is 19.7. The fourth-order valence-electron chi connectivity index (χ4n) is 2.81. The zero-order valence-electron chi connectivity index (χ0n) is 14.9. The summed E-state index contributed by atoms with van der Waals surface area (Å²) in [5.74, 6) is 1.33. The van der Waals surface area contributed by atoms with Crippen LogP contribution in [-0.2, 0) is 0 Å². The monoisotopic (exact) mass is 412 g/mol. The van der Waals surface area contributed by atoms with E-state index in [1.807, 2.05) is 24.3 Å². The van der Waals surface area contributed by atoms with Gasteiger partial charge >= 0.3 is 0 Å². The summed E-state index contributed by atoms with van der Waals surface area (Å²) < 4.78 is 7.71. The maximum atomic E-state index is 8.81. The summed E-state index contributed by atoms with van der Waals surface area (Å²) in [5, 5.41) is 23.5. The third kappa shape index (κ3) is 3.71. The Balaban J connectivity index is 0.00000240. The maximum Gasteiger partial charge on any atom is 0.171 e. The average Bonchev–Trinajstić information content (AvgIpc) is 3.39. The Kier molecular flexibility index (Phi) is 5.42. The lowest BCUT2D eigenvalue weighted by molar-refractivity contribution is 0.318. The van der Waals surface area contributed by atoms with Crippen molar-refractivity contribution in [2.24, 2.45) is 21.8 Å². The number of hydrogen-bond donors (Lipinski definition) is 4. The molecule has 0 radical (unpaired) electrons. The molecule has 1 aromatic carbocycles. The van der Waals surface area contributed by atoms with E-state index < -0.39 is 0 Å². The topological polar surface area (TPSA) is 148 Å². The van der Waals surface area contributed by atoms with Gasteiger partial charge in [0.25, 0.3) is 0 Å². The van der Waals surface area contributed by atoms with Crippen LogP contribution in [0.4, 0.5) is 0 Å². The SMILES string of the molecule is Cl.N/C(=N\O)c1ccc(-c2ccc(-c3cn4cc(/C(N)=N/O)ccc4n3)o2)cc1. The second-order valence-electron chi connectivity index (χ2n) is 6.02. The molecule has 0 aliphatic heterocycles. The summed E-state index contributed by atoms with van der Waals surface area (Å²) in [6.07, 6.45) is 3.52. The first-order valence-electron chi connectivity index (χ1n) is 8.24. The molecular weight excluding hydrogens is 396 g/mol. The predicted molar refractivity (Wildman–Crippen MR) is 111 cm³/mol. The highest BCUT2D eigenvalue weighted by Gasteiger charge is 2.12. The van der Waals surface area contributed by atoms with Crippen LogP contribution in [0.2, 0.25) is 0 Å². The van der Waals surface area contributed by atoms with Crippen molar-refractivity contribution in [3.63, 3.8) is 0 Å². The summed E-state index contributed by atoms with van der Waals surface area (Å²) in [7, 11) is 0. The highest BCUT2D eigenvalue weighted by atomic mass is 35.5. The molecule has 0 bridgehead atoms. The summed E-state index contributed by atoms with van der Waals surface area (Å²) >= 11 is 0. The molecule has 9 nitrogen and oxygen atoms in total. The molecule has 0 saturated carbocycles. The molecule has 0 saturated heterocycles. The minimum atomic E-state index is 0. The third-order valence-corrected chi connectivity index (χ3v) is 4.29. The van der Waals surface area contributed by atoms with Gasteiger partial charge in [-0.1, -0.05) is 34.6 Å². The number of hydrogen-bond acceptors (Lipinski definition) is 6. The maximum absolute atomic E-state index is 8.81. The fourth-order valence-corrected chi connectivity index (χ4v) is 2.81. The highest BCUT2D eigenvalue weighted by Crippen LogP contribution is 2.28. The van der Waals surface area contributed by atoms with Gasteiger partial charge in [0.15, 0.2) is 17.4 Å². The molecule has 0 unspecified atom stereocenters. The van der Waals surface area contributed by atoms with Gasteiger partial charge in [0.2, 0.25) is 0 Å². The second-order valence-corrected chi connectivity index (χ2v) is 6.02. The van der Waals surface area contributed by atoms with Crippen molar-refractivity contribution < 1.29 is 14.8 Å². The van der Waals surface area contributed by atoms with Crippen molar-refractivity contribution in [2.75, 3.05) is 0 Å². The van der Waals surface area contributed by atoms with E-state index in [1.165, 1.54) is 0 Å². The minimum absolute atomic E-state index is 0. The molecule has 6 N–H and O–H groups in total. The summed E-state index contributed by atoms with van der Waals surface area (Å²) in [5.41, 5.74) is 14.6. The number of benzene rings is 1. The van der Waals surface area contributed by atoms with Crippen LogP contribution in [0.5, 0.6) is 0 Å². The molecule has 3 heterocycles. The van der Waals surface area contributed by atoms with Crippen molar-refractivity contribution in [3.8, 4) is 22.8 Å². The number of nitrogens with zero attached hydrogens (tertiary/aromatic N) is 4. The standard InChI is InChI=1S/C19H16N6O3.ClH/c20-18(23-26)12-3-1-11(2-4-12)15-6-7-16(28-15)14-10-25-9-13(19(21)24-27)5-8-17(25)22-14;/h1-10,26-27H,(H2,20,23)(H2,21,24);1H. The lowest BCUT2D eigenvalue weighted by atomic mass is 10.1. The van der Waals surface area contributed by atoms with Gasteiger partial charge in [0.1, 0.15) is 17.1 Å². The van der Waals surface area contributed by atoms with Crippen LogP contribution >= 0.6 is 12.4 Å². The van der Waals surface area contributed by atoms with E-state index in [0.717, 1.165) is 5.56 Å². The van der Waals surface area contributed by atoms with Crippen molar-refractivity contribution >= 4 is 29.7 Å². The van der Waals surface area contributed by atoms with Crippen molar-refractivity contribution in [3.05, 3.63) is 72.1 Å². The largest absolute Gasteiger partial charge is 0.454 e. The van der Waals surface area contributed by atoms with Crippen molar-refractivity contribution in [2.45, 2.75) is 0 Å². The van der Waals surface area contributed by atoms with Crippen LogP contribution in [0.15, 0.2) is 75.7 Å². The Labute approximate surface area is 171 Å². The van der Waals surface area contributed by atoms with Gasteiger partial charge < -0.3 is 30.7 Å². The third-order valence-electron chi connectivity index (χ3n) is 4.29. The first kappa shape index (κ1) is 19.8. The van der Waals surface area contributed by atoms with Crippen LogP contribution in [0.3, 0.4) is 0 Å². The quantitative estimate of drug-likeness (QED) is 0.175. The second kappa shape index (κ2) is 7.95. The molecule has 4 rings (SSSR count). The molecule has 3 aromatic heterocycles. The molecule has 4 aromatic rings. The molecule has 0 atom stereocenters. The van der Waals surface area contributed by atoms with Gasteiger partial charge in [-0.25, -0.2) is 4.98 Å². The Hall–Kier alpha value is -3.98. The minimum Gasteiger partial charge on any atom is -0.454 e. The number of halogens is 1. The predicted octanol–water partition coefficient (Wildman–Crippen LogP) is 2.87. The first-order valence-corrected chi connectivity index (χ1v) is 8.24. The lowest BCUT2D eigenvalue weighted by Crippen LogP contribution is -2.13. The van der Waals surface area contributed by atoms with E-state index in [-0.39, 0.29) is 24.1 Å². The number of pyridine rings is 1. The number of fused-ring (bicyclic) bond motifs is 1. The molecule has 0 amide bonds. The fraction of sp³-hybridized carbons (Fsp3) is 0. The van der Waals surface area contributed by atoms with Crippen molar-refractivity contribution in [1.82, 2.24) is 9.38 Å². The number of rotatable bonds is 4. The molecular formula is C19H17ClN6O3. The van der Waals surface area contributed by atoms with Gasteiger partial charge in [-0.2, -0.15) is 0 Å². The number of oxime groups is 2. The average molecular weight is 413 g/mol. The van der Waals surface area contributed by atoms with Gasteiger partial charge in [-0.3, -0.25) is 0 Å². The van der Waals surface area contributed by atoms with E-state index in [1.54, 1.807) is 41.1 Å².